The molecule has 2 nitrogen and oxygen atoms in total. The molecule has 1 aromatic rings. The van der Waals surface area contributed by atoms with Gasteiger partial charge in [0.1, 0.15) is 0 Å². The Kier molecular flexibility index (Phi) is 8.52. The van der Waals surface area contributed by atoms with E-state index in [1.54, 1.807) is 0 Å². The maximum absolute atomic E-state index is 5.53. The molecule has 108 valence electrons. The second kappa shape index (κ2) is 9.99. The van der Waals surface area contributed by atoms with Gasteiger partial charge in [-0.2, -0.15) is 0 Å². The standard InChI is InChI=1S/C17H29NO/c1-15(2)19-14-8-7-13-18-16(3)11-12-17-9-5-4-6-10-17/h4-6,9-10,15-16,18H,7-8,11-14H2,1-3H3. The molecule has 0 radical (unpaired) electrons. The summed E-state index contributed by atoms with van der Waals surface area (Å²) in [5.41, 5.74) is 1.43. The summed E-state index contributed by atoms with van der Waals surface area (Å²) < 4.78 is 5.53. The molecular weight excluding hydrogens is 234 g/mol. The molecule has 0 aliphatic carbocycles. The van der Waals surface area contributed by atoms with Crippen molar-refractivity contribution in [3.05, 3.63) is 35.9 Å². The van der Waals surface area contributed by atoms with Gasteiger partial charge in [0.15, 0.2) is 0 Å². The molecule has 0 aromatic heterocycles. The maximum Gasteiger partial charge on any atom is 0.0518 e. The Bertz CT molecular complexity index is 310. The van der Waals surface area contributed by atoms with Crippen molar-refractivity contribution in [2.75, 3.05) is 13.2 Å². The Balaban J connectivity index is 1.98. The topological polar surface area (TPSA) is 21.3 Å². The molecule has 0 bridgehead atoms. The Morgan fingerprint density at radius 3 is 2.47 bits per heavy atom. The highest BCUT2D eigenvalue weighted by Gasteiger charge is 2.01. The van der Waals surface area contributed by atoms with E-state index in [0.717, 1.165) is 26.0 Å². The van der Waals surface area contributed by atoms with Crippen LogP contribution < -0.4 is 5.32 Å². The average Bonchev–Trinajstić information content (AvgIpc) is 2.41. The van der Waals surface area contributed by atoms with E-state index in [1.165, 1.54) is 18.4 Å². The van der Waals surface area contributed by atoms with Gasteiger partial charge in [0.05, 0.1) is 6.10 Å². The molecule has 0 aliphatic rings. The summed E-state index contributed by atoms with van der Waals surface area (Å²) in [6.07, 6.45) is 5.06. The third-order valence-electron chi connectivity index (χ3n) is 3.22. The largest absolute Gasteiger partial charge is 0.379 e. The highest BCUT2D eigenvalue weighted by atomic mass is 16.5. The van der Waals surface area contributed by atoms with Crippen molar-refractivity contribution in [1.82, 2.24) is 5.32 Å². The van der Waals surface area contributed by atoms with E-state index in [9.17, 15) is 0 Å². The van der Waals surface area contributed by atoms with E-state index in [-0.39, 0.29) is 0 Å². The smallest absolute Gasteiger partial charge is 0.0518 e. The van der Waals surface area contributed by atoms with Crippen molar-refractivity contribution in [2.45, 2.75) is 58.6 Å². The molecule has 2 heteroatoms. The Hall–Kier alpha value is -0.860. The Morgan fingerprint density at radius 2 is 1.79 bits per heavy atom. The van der Waals surface area contributed by atoms with Crippen LogP contribution >= 0.6 is 0 Å². The monoisotopic (exact) mass is 263 g/mol. The van der Waals surface area contributed by atoms with Crippen LogP contribution in [0.2, 0.25) is 0 Å². The fourth-order valence-electron chi connectivity index (χ4n) is 2.02. The van der Waals surface area contributed by atoms with Crippen LogP contribution in [-0.2, 0) is 11.2 Å². The summed E-state index contributed by atoms with van der Waals surface area (Å²) in [6.45, 7) is 8.43. The van der Waals surface area contributed by atoms with E-state index in [0.29, 0.717) is 12.1 Å². The zero-order valence-electron chi connectivity index (χ0n) is 12.7. The van der Waals surface area contributed by atoms with Gasteiger partial charge in [0.2, 0.25) is 0 Å². The molecule has 1 N–H and O–H groups in total. The third-order valence-corrected chi connectivity index (χ3v) is 3.22. The van der Waals surface area contributed by atoms with Crippen molar-refractivity contribution in [3.63, 3.8) is 0 Å². The van der Waals surface area contributed by atoms with Gasteiger partial charge in [-0.05, 0) is 58.6 Å². The molecule has 19 heavy (non-hydrogen) atoms. The molecule has 1 aromatic carbocycles. The van der Waals surface area contributed by atoms with E-state index >= 15 is 0 Å². The second-order valence-electron chi connectivity index (χ2n) is 5.51. The molecular formula is C17H29NO. The number of ether oxygens (including phenoxy) is 1. The molecule has 0 amide bonds. The summed E-state index contributed by atoms with van der Waals surface area (Å²) in [4.78, 5) is 0. The lowest BCUT2D eigenvalue weighted by Crippen LogP contribution is -2.27. The van der Waals surface area contributed by atoms with Gasteiger partial charge in [0.25, 0.3) is 0 Å². The summed E-state index contributed by atoms with van der Waals surface area (Å²) in [6, 6.07) is 11.3. The summed E-state index contributed by atoms with van der Waals surface area (Å²) in [7, 11) is 0. The first-order valence-corrected chi connectivity index (χ1v) is 7.57. The van der Waals surface area contributed by atoms with Crippen molar-refractivity contribution in [3.8, 4) is 0 Å². The third kappa shape index (κ3) is 8.79. The first-order valence-electron chi connectivity index (χ1n) is 7.57. The predicted molar refractivity (Wildman–Crippen MR) is 82.5 cm³/mol. The maximum atomic E-state index is 5.53. The number of hydrogen-bond acceptors (Lipinski definition) is 2. The van der Waals surface area contributed by atoms with Crippen molar-refractivity contribution in [1.29, 1.82) is 0 Å². The van der Waals surface area contributed by atoms with Crippen LogP contribution in [0, 0.1) is 0 Å². The minimum absolute atomic E-state index is 0.359. The second-order valence-corrected chi connectivity index (χ2v) is 5.51. The number of aryl methyl sites for hydroxylation is 1. The van der Waals surface area contributed by atoms with E-state index < -0.39 is 0 Å². The number of rotatable bonds is 10. The van der Waals surface area contributed by atoms with Crippen LogP contribution in [0.3, 0.4) is 0 Å². The molecule has 0 saturated heterocycles. The van der Waals surface area contributed by atoms with E-state index in [2.05, 4.69) is 56.4 Å². The van der Waals surface area contributed by atoms with Gasteiger partial charge >= 0.3 is 0 Å². The molecule has 0 aliphatic heterocycles. The lowest BCUT2D eigenvalue weighted by molar-refractivity contribution is 0.0759. The number of benzene rings is 1. The van der Waals surface area contributed by atoms with Crippen molar-refractivity contribution >= 4 is 0 Å². The highest BCUT2D eigenvalue weighted by molar-refractivity contribution is 5.14. The molecule has 0 fully saturated rings. The van der Waals surface area contributed by atoms with Crippen LogP contribution in [0.25, 0.3) is 0 Å². The minimum Gasteiger partial charge on any atom is -0.379 e. The fourth-order valence-corrected chi connectivity index (χ4v) is 2.02. The highest BCUT2D eigenvalue weighted by Crippen LogP contribution is 2.04. The first-order chi connectivity index (χ1) is 9.18. The van der Waals surface area contributed by atoms with E-state index in [4.69, 9.17) is 4.74 Å². The number of unbranched alkanes of at least 4 members (excludes halogenated alkanes) is 1. The zero-order chi connectivity index (χ0) is 13.9. The molecule has 0 spiro atoms. The van der Waals surface area contributed by atoms with Crippen molar-refractivity contribution in [2.24, 2.45) is 0 Å². The first kappa shape index (κ1) is 16.2. The van der Waals surface area contributed by atoms with Gasteiger partial charge in [0, 0.05) is 12.6 Å². The normalized spacial score (nSPS) is 12.8. The fraction of sp³-hybridized carbons (Fsp3) is 0.647. The van der Waals surface area contributed by atoms with Gasteiger partial charge in [-0.25, -0.2) is 0 Å². The lowest BCUT2D eigenvalue weighted by Gasteiger charge is -2.14. The summed E-state index contributed by atoms with van der Waals surface area (Å²) in [5.74, 6) is 0. The summed E-state index contributed by atoms with van der Waals surface area (Å²) in [5, 5.41) is 3.59. The average molecular weight is 263 g/mol. The number of nitrogens with one attached hydrogen (secondary N) is 1. The van der Waals surface area contributed by atoms with Gasteiger partial charge in [-0.15, -0.1) is 0 Å². The van der Waals surface area contributed by atoms with Gasteiger partial charge < -0.3 is 10.1 Å². The Labute approximate surface area is 118 Å². The van der Waals surface area contributed by atoms with Gasteiger partial charge in [-0.3, -0.25) is 0 Å². The molecule has 0 heterocycles. The van der Waals surface area contributed by atoms with Crippen molar-refractivity contribution < 1.29 is 4.74 Å². The number of hydrogen-bond donors (Lipinski definition) is 1. The van der Waals surface area contributed by atoms with Gasteiger partial charge in [-0.1, -0.05) is 30.3 Å². The Morgan fingerprint density at radius 1 is 1.05 bits per heavy atom. The van der Waals surface area contributed by atoms with Crippen LogP contribution in [-0.4, -0.2) is 25.3 Å². The predicted octanol–water partition coefficient (Wildman–Crippen LogP) is 3.80. The molecule has 1 atom stereocenters. The quantitative estimate of drug-likeness (QED) is 0.648. The van der Waals surface area contributed by atoms with Crippen LogP contribution in [0.1, 0.15) is 45.6 Å². The van der Waals surface area contributed by atoms with Crippen LogP contribution in [0.4, 0.5) is 0 Å². The van der Waals surface area contributed by atoms with Crippen LogP contribution in [0.15, 0.2) is 30.3 Å². The van der Waals surface area contributed by atoms with Crippen LogP contribution in [0.5, 0.6) is 0 Å². The lowest BCUT2D eigenvalue weighted by atomic mass is 10.1. The molecule has 1 unspecified atom stereocenters. The molecule has 1 rings (SSSR count). The minimum atomic E-state index is 0.359. The SMILES string of the molecule is CC(CCc1ccccc1)NCCCCOC(C)C. The zero-order valence-corrected chi connectivity index (χ0v) is 12.7. The molecule has 0 saturated carbocycles. The summed E-state index contributed by atoms with van der Waals surface area (Å²) >= 11 is 0. The van der Waals surface area contributed by atoms with E-state index in [1.807, 2.05) is 0 Å².